The van der Waals surface area contributed by atoms with Crippen LogP contribution in [-0.4, -0.2) is 5.67 Å². The number of allylic oxidation sites excluding steroid dienone is 4. The molecule has 0 radical (unpaired) electrons. The molecule has 5 rings (SSSR count). The molecule has 2 unspecified atom stereocenters. The highest BCUT2D eigenvalue weighted by molar-refractivity contribution is 5.40. The summed E-state index contributed by atoms with van der Waals surface area (Å²) < 4.78 is 17.1. The van der Waals surface area contributed by atoms with E-state index in [1.54, 1.807) is 0 Å². The van der Waals surface area contributed by atoms with Crippen LogP contribution in [0, 0.1) is 10.8 Å². The van der Waals surface area contributed by atoms with Gasteiger partial charge in [0.25, 0.3) is 0 Å². The number of aryl methyl sites for hydroxylation is 1. The van der Waals surface area contributed by atoms with E-state index in [1.165, 1.54) is 56.9 Å². The first-order valence-corrected chi connectivity index (χ1v) is 12.7. The van der Waals surface area contributed by atoms with Crippen molar-refractivity contribution in [2.75, 3.05) is 0 Å². The lowest BCUT2D eigenvalue weighted by Crippen LogP contribution is -2.55. The van der Waals surface area contributed by atoms with Crippen LogP contribution in [0.3, 0.4) is 0 Å². The minimum Gasteiger partial charge on any atom is -0.238 e. The summed E-state index contributed by atoms with van der Waals surface area (Å²) >= 11 is 0. The number of unbranched alkanes of at least 4 members (excludes halogenated alkanes) is 3. The van der Waals surface area contributed by atoms with Crippen molar-refractivity contribution in [3.05, 3.63) is 59.7 Å². The zero-order chi connectivity index (χ0) is 21.1. The topological polar surface area (TPSA) is 0 Å². The van der Waals surface area contributed by atoms with Crippen LogP contribution < -0.4 is 0 Å². The van der Waals surface area contributed by atoms with Gasteiger partial charge in [-0.15, -0.1) is 0 Å². The highest BCUT2D eigenvalue weighted by Gasteiger charge is 2.60. The van der Waals surface area contributed by atoms with Crippen LogP contribution >= 0.6 is 0 Å². The van der Waals surface area contributed by atoms with Crippen molar-refractivity contribution in [2.45, 2.75) is 109 Å². The van der Waals surface area contributed by atoms with E-state index >= 15 is 4.39 Å². The molecule has 0 spiro atoms. The van der Waals surface area contributed by atoms with Gasteiger partial charge in [0, 0.05) is 11.3 Å². The lowest BCUT2D eigenvalue weighted by atomic mass is 9.46. The molecule has 4 aliphatic rings. The zero-order valence-corrected chi connectivity index (χ0v) is 19.3. The predicted molar refractivity (Wildman–Crippen MR) is 127 cm³/mol. The van der Waals surface area contributed by atoms with Crippen molar-refractivity contribution in [2.24, 2.45) is 10.8 Å². The third-order valence-corrected chi connectivity index (χ3v) is 8.86. The number of rotatable bonds is 9. The molecule has 2 atom stereocenters. The van der Waals surface area contributed by atoms with Gasteiger partial charge in [-0.2, -0.15) is 0 Å². The Morgan fingerprint density at radius 3 is 2.17 bits per heavy atom. The Labute approximate surface area is 184 Å². The van der Waals surface area contributed by atoms with Crippen molar-refractivity contribution in [1.82, 2.24) is 0 Å². The first kappa shape index (κ1) is 21.8. The number of alkyl halides is 1. The SMILES string of the molecule is CCCCCCC12CCC(C3(F)C=CC=CC3c3ccc(CCC)cc3)(CC1)CC2. The fraction of sp³-hybridized carbons (Fsp3) is 0.655. The van der Waals surface area contributed by atoms with Crippen LogP contribution in [0.1, 0.15) is 108 Å². The smallest absolute Gasteiger partial charge is 0.145 e. The Bertz CT molecular complexity index is 731. The van der Waals surface area contributed by atoms with Gasteiger partial charge in [-0.05, 0) is 74.0 Å². The lowest BCUT2D eigenvalue weighted by molar-refractivity contribution is -0.101. The number of halogens is 1. The van der Waals surface area contributed by atoms with E-state index in [0.29, 0.717) is 5.41 Å². The molecule has 3 fully saturated rings. The molecular formula is C29H41F. The summed E-state index contributed by atoms with van der Waals surface area (Å²) in [7, 11) is 0. The molecule has 164 valence electrons. The van der Waals surface area contributed by atoms with E-state index in [-0.39, 0.29) is 11.3 Å². The summed E-state index contributed by atoms with van der Waals surface area (Å²) in [5, 5.41) is 0. The van der Waals surface area contributed by atoms with Gasteiger partial charge in [0.05, 0.1) is 0 Å². The summed E-state index contributed by atoms with van der Waals surface area (Å²) in [4.78, 5) is 0. The fourth-order valence-corrected chi connectivity index (χ4v) is 6.80. The first-order chi connectivity index (χ1) is 14.6. The average Bonchev–Trinajstić information content (AvgIpc) is 2.79. The normalized spacial score (nSPS) is 35.1. The molecule has 0 nitrogen and oxygen atoms in total. The van der Waals surface area contributed by atoms with Crippen molar-refractivity contribution in [3.63, 3.8) is 0 Å². The third kappa shape index (κ3) is 3.94. The van der Waals surface area contributed by atoms with Crippen LogP contribution in [0.2, 0.25) is 0 Å². The monoisotopic (exact) mass is 408 g/mol. The Morgan fingerprint density at radius 2 is 1.53 bits per heavy atom. The second kappa shape index (κ2) is 9.01. The van der Waals surface area contributed by atoms with Crippen molar-refractivity contribution in [1.29, 1.82) is 0 Å². The van der Waals surface area contributed by atoms with Crippen molar-refractivity contribution < 1.29 is 4.39 Å². The maximum Gasteiger partial charge on any atom is 0.145 e. The van der Waals surface area contributed by atoms with Crippen LogP contribution in [0.15, 0.2) is 48.6 Å². The second-order valence-corrected chi connectivity index (χ2v) is 10.6. The molecule has 2 bridgehead atoms. The summed E-state index contributed by atoms with van der Waals surface area (Å²) in [6.07, 6.45) is 24.1. The molecule has 0 amide bonds. The van der Waals surface area contributed by atoms with Crippen molar-refractivity contribution in [3.8, 4) is 0 Å². The first-order valence-electron chi connectivity index (χ1n) is 12.7. The molecule has 0 heterocycles. The average molecular weight is 409 g/mol. The van der Waals surface area contributed by atoms with Crippen LogP contribution in [0.5, 0.6) is 0 Å². The van der Waals surface area contributed by atoms with Gasteiger partial charge in [0.1, 0.15) is 5.67 Å². The highest BCUT2D eigenvalue weighted by Crippen LogP contribution is 2.66. The third-order valence-electron chi connectivity index (χ3n) is 8.86. The van der Waals surface area contributed by atoms with Gasteiger partial charge in [-0.1, -0.05) is 88.4 Å². The van der Waals surface area contributed by atoms with Gasteiger partial charge < -0.3 is 0 Å². The van der Waals surface area contributed by atoms with Crippen LogP contribution in [0.4, 0.5) is 4.39 Å². The van der Waals surface area contributed by atoms with E-state index in [4.69, 9.17) is 0 Å². The van der Waals surface area contributed by atoms with Crippen LogP contribution in [0.25, 0.3) is 0 Å². The predicted octanol–water partition coefficient (Wildman–Crippen LogP) is 8.87. The van der Waals surface area contributed by atoms with E-state index in [9.17, 15) is 0 Å². The van der Waals surface area contributed by atoms with Gasteiger partial charge in [0.15, 0.2) is 0 Å². The number of hydrogen-bond acceptors (Lipinski definition) is 0. The van der Waals surface area contributed by atoms with E-state index in [2.05, 4.69) is 50.3 Å². The molecule has 1 aromatic carbocycles. The maximum atomic E-state index is 17.1. The fourth-order valence-electron chi connectivity index (χ4n) is 6.80. The van der Waals surface area contributed by atoms with E-state index < -0.39 is 5.67 Å². The lowest BCUT2D eigenvalue weighted by Gasteiger charge is -2.59. The standard InChI is InChI=1S/C29H41F/c1-3-5-6-8-16-27-18-21-28(22-19-27,23-20-27)29(30)17-9-7-11-26(29)25-14-12-24(10-4-2)13-15-25/h7,9,11-15,17,26H,3-6,8,10,16,18-23H2,1-2H3. The maximum absolute atomic E-state index is 17.1. The molecule has 3 saturated carbocycles. The van der Waals surface area contributed by atoms with Gasteiger partial charge in [-0.25, -0.2) is 4.39 Å². The molecule has 0 aliphatic heterocycles. The molecular weight excluding hydrogens is 367 g/mol. The van der Waals surface area contributed by atoms with Gasteiger partial charge >= 0.3 is 0 Å². The molecule has 0 N–H and O–H groups in total. The van der Waals surface area contributed by atoms with E-state index in [1.807, 2.05) is 12.2 Å². The Hall–Kier alpha value is -1.37. The summed E-state index contributed by atoms with van der Waals surface area (Å²) in [5.41, 5.74) is 1.61. The van der Waals surface area contributed by atoms with Gasteiger partial charge in [-0.3, -0.25) is 0 Å². The Kier molecular flexibility index (Phi) is 6.56. The molecule has 4 aliphatic carbocycles. The number of benzene rings is 1. The number of fused-ring (bicyclic) bond motifs is 3. The summed E-state index contributed by atoms with van der Waals surface area (Å²) in [6.45, 7) is 4.50. The quantitative estimate of drug-likeness (QED) is 0.358. The molecule has 0 aromatic heterocycles. The molecule has 30 heavy (non-hydrogen) atoms. The molecule has 1 aromatic rings. The highest BCUT2D eigenvalue weighted by atomic mass is 19.1. The molecule has 1 heteroatoms. The van der Waals surface area contributed by atoms with Gasteiger partial charge in [0.2, 0.25) is 0 Å². The summed E-state index contributed by atoms with van der Waals surface area (Å²) in [5.74, 6) is -0.145. The zero-order valence-electron chi connectivity index (χ0n) is 19.3. The van der Waals surface area contributed by atoms with E-state index in [0.717, 1.165) is 37.7 Å². The minimum atomic E-state index is -1.25. The van der Waals surface area contributed by atoms with Crippen molar-refractivity contribution >= 4 is 0 Å². The van der Waals surface area contributed by atoms with Crippen LogP contribution in [-0.2, 0) is 6.42 Å². The summed E-state index contributed by atoms with van der Waals surface area (Å²) in [6, 6.07) is 8.81. The second-order valence-electron chi connectivity index (χ2n) is 10.6. The minimum absolute atomic E-state index is 0.145. The Morgan fingerprint density at radius 1 is 0.833 bits per heavy atom. The number of hydrogen-bond donors (Lipinski definition) is 0. The molecule has 0 saturated heterocycles. The largest absolute Gasteiger partial charge is 0.238 e. The Balaban J connectivity index is 1.51.